The number of carbonyl (C=O) groups is 1. The molecule has 17 heavy (non-hydrogen) atoms. The second kappa shape index (κ2) is 5.19. The monoisotopic (exact) mass is 256 g/mol. The summed E-state index contributed by atoms with van der Waals surface area (Å²) < 4.78 is 0. The maximum atomic E-state index is 11.8. The number of nitrogens with zero attached hydrogens (tertiary/aromatic N) is 2. The van der Waals surface area contributed by atoms with Crippen molar-refractivity contribution < 1.29 is 9.72 Å². The molecule has 1 aliphatic heterocycles. The van der Waals surface area contributed by atoms with Gasteiger partial charge in [-0.1, -0.05) is 0 Å². The molecule has 2 rings (SSSR count). The third-order valence-corrected chi connectivity index (χ3v) is 3.48. The van der Waals surface area contributed by atoms with E-state index in [4.69, 9.17) is 0 Å². The van der Waals surface area contributed by atoms with Gasteiger partial charge < -0.3 is 10.6 Å². The Morgan fingerprint density at radius 3 is 2.88 bits per heavy atom. The first-order valence-electron chi connectivity index (χ1n) is 5.28. The number of carbonyl (C=O) groups excluding carboxylic acids is 1. The highest BCUT2D eigenvalue weighted by atomic mass is 32.1. The van der Waals surface area contributed by atoms with Gasteiger partial charge in [0.1, 0.15) is 6.20 Å². The summed E-state index contributed by atoms with van der Waals surface area (Å²) in [5.41, 5.74) is 0. The van der Waals surface area contributed by atoms with Gasteiger partial charge in [0.15, 0.2) is 5.13 Å². The van der Waals surface area contributed by atoms with Crippen LogP contribution in [0.1, 0.15) is 12.8 Å². The van der Waals surface area contributed by atoms with Gasteiger partial charge in [-0.3, -0.25) is 14.9 Å². The largest absolute Gasteiger partial charge is 0.345 e. The van der Waals surface area contributed by atoms with E-state index in [1.807, 2.05) is 0 Å². The van der Waals surface area contributed by atoms with Gasteiger partial charge in [-0.2, -0.15) is 0 Å². The summed E-state index contributed by atoms with van der Waals surface area (Å²) in [6.07, 6.45) is 2.74. The molecule has 0 aromatic carbocycles. The predicted octanol–water partition coefficient (Wildman–Crippen LogP) is 0.989. The van der Waals surface area contributed by atoms with Gasteiger partial charge in [0.2, 0.25) is 5.91 Å². The first-order chi connectivity index (χ1) is 8.16. The van der Waals surface area contributed by atoms with Crippen LogP contribution in [0.5, 0.6) is 0 Å². The number of piperidine rings is 1. The quantitative estimate of drug-likeness (QED) is 0.621. The summed E-state index contributed by atoms with van der Waals surface area (Å²) in [4.78, 5) is 25.5. The Kier molecular flexibility index (Phi) is 3.64. The molecule has 92 valence electrons. The van der Waals surface area contributed by atoms with Gasteiger partial charge in [-0.15, -0.1) is 0 Å². The lowest BCUT2D eigenvalue weighted by atomic mass is 9.97. The van der Waals surface area contributed by atoms with Crippen LogP contribution in [0.4, 0.5) is 10.1 Å². The van der Waals surface area contributed by atoms with Crippen molar-refractivity contribution in [2.75, 3.05) is 18.4 Å². The number of amides is 1. The van der Waals surface area contributed by atoms with Gasteiger partial charge in [-0.05, 0) is 37.3 Å². The number of nitro groups is 1. The lowest BCUT2D eigenvalue weighted by Crippen LogP contribution is -2.34. The zero-order valence-corrected chi connectivity index (χ0v) is 9.83. The Morgan fingerprint density at radius 1 is 1.59 bits per heavy atom. The first kappa shape index (κ1) is 11.9. The van der Waals surface area contributed by atoms with E-state index in [9.17, 15) is 14.9 Å². The molecule has 0 unspecified atom stereocenters. The van der Waals surface area contributed by atoms with Crippen LogP contribution in [0.15, 0.2) is 6.20 Å². The minimum atomic E-state index is -0.516. The van der Waals surface area contributed by atoms with E-state index in [0.717, 1.165) is 43.5 Å². The fourth-order valence-electron chi connectivity index (χ4n) is 1.70. The number of thiazole rings is 1. The highest BCUT2D eigenvalue weighted by molar-refractivity contribution is 7.18. The molecular weight excluding hydrogens is 244 g/mol. The molecule has 7 nitrogen and oxygen atoms in total. The smallest absolute Gasteiger partial charge is 0.317 e. The minimum absolute atomic E-state index is 0.0285. The van der Waals surface area contributed by atoms with Gasteiger partial charge in [-0.25, -0.2) is 4.98 Å². The normalized spacial score (nSPS) is 16.7. The van der Waals surface area contributed by atoms with E-state index >= 15 is 0 Å². The van der Waals surface area contributed by atoms with Gasteiger partial charge in [0, 0.05) is 5.92 Å². The Bertz CT molecular complexity index is 428. The SMILES string of the molecule is O=C(Nc1ncc([N+](=O)[O-])s1)C1CCNCC1. The highest BCUT2D eigenvalue weighted by Crippen LogP contribution is 2.26. The van der Waals surface area contributed by atoms with Crippen LogP contribution >= 0.6 is 11.3 Å². The summed E-state index contributed by atoms with van der Waals surface area (Å²) in [6, 6.07) is 0. The van der Waals surface area contributed by atoms with Crippen molar-refractivity contribution in [1.82, 2.24) is 10.3 Å². The Labute approximate surface area is 101 Å². The second-order valence-electron chi connectivity index (χ2n) is 3.77. The maximum Gasteiger partial charge on any atom is 0.345 e. The van der Waals surface area contributed by atoms with E-state index in [1.165, 1.54) is 0 Å². The fraction of sp³-hybridized carbons (Fsp3) is 0.556. The second-order valence-corrected chi connectivity index (χ2v) is 4.78. The Hall–Kier alpha value is -1.54. The molecule has 0 aliphatic carbocycles. The minimum Gasteiger partial charge on any atom is -0.317 e. The number of anilines is 1. The van der Waals surface area contributed by atoms with Crippen LogP contribution in [0, 0.1) is 16.0 Å². The van der Waals surface area contributed by atoms with E-state index < -0.39 is 4.92 Å². The molecule has 1 fully saturated rings. The lowest BCUT2D eigenvalue weighted by Gasteiger charge is -2.20. The molecule has 8 heteroatoms. The molecule has 1 saturated heterocycles. The van der Waals surface area contributed by atoms with E-state index in [-0.39, 0.29) is 16.8 Å². The number of rotatable bonds is 3. The molecule has 1 amide bonds. The van der Waals surface area contributed by atoms with Crippen molar-refractivity contribution >= 4 is 27.4 Å². The van der Waals surface area contributed by atoms with Crippen molar-refractivity contribution in [3.63, 3.8) is 0 Å². The van der Waals surface area contributed by atoms with E-state index in [2.05, 4.69) is 15.6 Å². The van der Waals surface area contributed by atoms with E-state index in [1.54, 1.807) is 0 Å². The Balaban J connectivity index is 1.94. The molecule has 1 aromatic heterocycles. The third kappa shape index (κ3) is 2.98. The van der Waals surface area contributed by atoms with Crippen LogP contribution in [0.25, 0.3) is 0 Å². The molecule has 1 aliphatic rings. The van der Waals surface area contributed by atoms with Crippen molar-refractivity contribution in [3.05, 3.63) is 16.3 Å². The standard InChI is InChI=1S/C9H12N4O3S/c14-8(6-1-3-10-4-2-6)12-9-11-5-7(17-9)13(15)16/h5-6,10H,1-4H2,(H,11,12,14). The van der Waals surface area contributed by atoms with Gasteiger partial charge in [0.25, 0.3) is 0 Å². The van der Waals surface area contributed by atoms with Crippen LogP contribution < -0.4 is 10.6 Å². The van der Waals surface area contributed by atoms with Crippen LogP contribution in [-0.2, 0) is 4.79 Å². The summed E-state index contributed by atoms with van der Waals surface area (Å²) in [5.74, 6) is -0.130. The first-order valence-corrected chi connectivity index (χ1v) is 6.10. The summed E-state index contributed by atoms with van der Waals surface area (Å²) in [5, 5.41) is 16.5. The Morgan fingerprint density at radius 2 is 2.29 bits per heavy atom. The molecule has 0 spiro atoms. The number of nitrogens with one attached hydrogen (secondary N) is 2. The summed E-state index contributed by atoms with van der Waals surface area (Å²) in [6.45, 7) is 1.66. The van der Waals surface area contributed by atoms with E-state index in [0.29, 0.717) is 5.13 Å². The van der Waals surface area contributed by atoms with Gasteiger partial charge >= 0.3 is 5.00 Å². The summed E-state index contributed by atoms with van der Waals surface area (Å²) >= 11 is 0.876. The highest BCUT2D eigenvalue weighted by Gasteiger charge is 2.22. The topological polar surface area (TPSA) is 97.2 Å². The van der Waals surface area contributed by atoms with Gasteiger partial charge in [0.05, 0.1) is 4.92 Å². The average molecular weight is 256 g/mol. The maximum absolute atomic E-state index is 11.8. The molecule has 0 saturated carbocycles. The van der Waals surface area contributed by atoms with Crippen molar-refractivity contribution in [3.8, 4) is 0 Å². The summed E-state index contributed by atoms with van der Waals surface area (Å²) in [7, 11) is 0. The number of hydrogen-bond acceptors (Lipinski definition) is 6. The molecule has 0 bridgehead atoms. The van der Waals surface area contributed by atoms with Crippen LogP contribution in [-0.4, -0.2) is 28.9 Å². The predicted molar refractivity (Wildman–Crippen MR) is 63.0 cm³/mol. The molecule has 0 radical (unpaired) electrons. The van der Waals surface area contributed by atoms with Crippen molar-refractivity contribution in [2.45, 2.75) is 12.8 Å². The van der Waals surface area contributed by atoms with Crippen molar-refractivity contribution in [1.29, 1.82) is 0 Å². The zero-order chi connectivity index (χ0) is 12.3. The third-order valence-electron chi connectivity index (χ3n) is 2.61. The zero-order valence-electron chi connectivity index (χ0n) is 9.01. The number of hydrogen-bond donors (Lipinski definition) is 2. The number of aromatic nitrogens is 1. The fourth-order valence-corrected chi connectivity index (χ4v) is 2.33. The average Bonchev–Trinajstić information content (AvgIpc) is 2.79. The van der Waals surface area contributed by atoms with Crippen LogP contribution in [0.3, 0.4) is 0 Å². The lowest BCUT2D eigenvalue weighted by molar-refractivity contribution is -0.380. The molecular formula is C9H12N4O3S. The van der Waals surface area contributed by atoms with Crippen molar-refractivity contribution in [2.24, 2.45) is 5.92 Å². The molecule has 2 N–H and O–H groups in total. The van der Waals surface area contributed by atoms with Crippen LogP contribution in [0.2, 0.25) is 0 Å². The molecule has 0 atom stereocenters. The molecule has 1 aromatic rings. The molecule has 2 heterocycles.